The number of aromatic amines is 1. The highest BCUT2D eigenvalue weighted by molar-refractivity contribution is 5.94. The standard InChI is InChI=1S/C22H38N6O5/c1-7-13(6)18(22(32)33)28-19(29)15(8-14-9-24-10-25-14)26-21(31)17(12(4)5)27-20(30)16(23)11(2)3/h9-13,15-18H,7-8,23H2,1-6H3,(H,24,25)(H,26,31)(H,27,30)(H,28,29)(H,32,33). The van der Waals surface area contributed by atoms with Crippen molar-refractivity contribution in [2.75, 3.05) is 0 Å². The molecule has 11 heteroatoms. The molecule has 3 amide bonds. The van der Waals surface area contributed by atoms with Crippen molar-refractivity contribution in [2.24, 2.45) is 23.5 Å². The van der Waals surface area contributed by atoms with Gasteiger partial charge in [-0.2, -0.15) is 0 Å². The fraction of sp³-hybridized carbons (Fsp3) is 0.682. The quantitative estimate of drug-likeness (QED) is 0.240. The van der Waals surface area contributed by atoms with E-state index in [4.69, 9.17) is 5.73 Å². The average Bonchev–Trinajstić information content (AvgIpc) is 3.26. The lowest BCUT2D eigenvalue weighted by atomic mass is 9.98. The van der Waals surface area contributed by atoms with Crippen LogP contribution in [0.5, 0.6) is 0 Å². The SMILES string of the molecule is CCC(C)C(NC(=O)C(Cc1cnc[nH]1)NC(=O)C(NC(=O)C(N)C(C)C)C(C)C)C(=O)O. The van der Waals surface area contributed by atoms with Crippen LogP contribution in [0.1, 0.15) is 53.7 Å². The minimum atomic E-state index is -1.15. The summed E-state index contributed by atoms with van der Waals surface area (Å²) in [7, 11) is 0. The van der Waals surface area contributed by atoms with E-state index in [1.54, 1.807) is 34.6 Å². The molecule has 0 aliphatic rings. The van der Waals surface area contributed by atoms with Crippen molar-refractivity contribution in [2.45, 2.75) is 78.6 Å². The number of carbonyl (C=O) groups is 4. The number of imidazole rings is 1. The monoisotopic (exact) mass is 466 g/mol. The lowest BCUT2D eigenvalue weighted by Crippen LogP contribution is -2.59. The Kier molecular flexibility index (Phi) is 11.0. The molecule has 11 nitrogen and oxygen atoms in total. The lowest BCUT2D eigenvalue weighted by molar-refractivity contribution is -0.143. The number of amides is 3. The molecule has 0 spiro atoms. The molecule has 33 heavy (non-hydrogen) atoms. The Bertz CT molecular complexity index is 795. The Morgan fingerprint density at radius 3 is 2.03 bits per heavy atom. The molecule has 1 aromatic heterocycles. The van der Waals surface area contributed by atoms with Crippen LogP contribution >= 0.6 is 0 Å². The van der Waals surface area contributed by atoms with Crippen LogP contribution < -0.4 is 21.7 Å². The minimum absolute atomic E-state index is 0.0642. The first-order chi connectivity index (χ1) is 15.4. The molecule has 0 radical (unpaired) electrons. The van der Waals surface area contributed by atoms with Crippen molar-refractivity contribution in [3.63, 3.8) is 0 Å². The van der Waals surface area contributed by atoms with E-state index in [0.29, 0.717) is 12.1 Å². The summed E-state index contributed by atoms with van der Waals surface area (Å²) in [4.78, 5) is 57.0. The Hall–Kier alpha value is -2.95. The third-order valence-electron chi connectivity index (χ3n) is 5.66. The molecule has 0 aliphatic heterocycles. The van der Waals surface area contributed by atoms with Crippen LogP contribution in [0.25, 0.3) is 0 Å². The fourth-order valence-electron chi connectivity index (χ4n) is 3.11. The largest absolute Gasteiger partial charge is 0.480 e. The van der Waals surface area contributed by atoms with E-state index in [0.717, 1.165) is 0 Å². The maximum absolute atomic E-state index is 13.1. The summed E-state index contributed by atoms with van der Waals surface area (Å²) in [5.74, 6) is -3.53. The van der Waals surface area contributed by atoms with Crippen LogP contribution in [-0.2, 0) is 25.6 Å². The van der Waals surface area contributed by atoms with Crippen molar-refractivity contribution >= 4 is 23.7 Å². The molecule has 0 aliphatic carbocycles. The molecule has 0 aromatic carbocycles. The second kappa shape index (κ2) is 12.9. The van der Waals surface area contributed by atoms with E-state index >= 15 is 0 Å². The van der Waals surface area contributed by atoms with Gasteiger partial charge in [0, 0.05) is 18.3 Å². The predicted octanol–water partition coefficient (Wildman–Crippen LogP) is 0.177. The van der Waals surface area contributed by atoms with E-state index in [9.17, 15) is 24.3 Å². The summed E-state index contributed by atoms with van der Waals surface area (Å²) in [6, 6.07) is -3.90. The number of hydrogen-bond donors (Lipinski definition) is 6. The van der Waals surface area contributed by atoms with Gasteiger partial charge in [-0.15, -0.1) is 0 Å². The van der Waals surface area contributed by atoms with E-state index in [2.05, 4.69) is 25.9 Å². The topological polar surface area (TPSA) is 179 Å². The van der Waals surface area contributed by atoms with Crippen LogP contribution in [0.2, 0.25) is 0 Å². The van der Waals surface area contributed by atoms with Gasteiger partial charge in [0.25, 0.3) is 0 Å². The second-order valence-electron chi connectivity index (χ2n) is 9.05. The summed E-state index contributed by atoms with van der Waals surface area (Å²) in [5, 5.41) is 17.4. The summed E-state index contributed by atoms with van der Waals surface area (Å²) in [5.41, 5.74) is 6.48. The molecule has 5 atom stereocenters. The van der Waals surface area contributed by atoms with E-state index in [1.165, 1.54) is 12.5 Å². The summed E-state index contributed by atoms with van der Waals surface area (Å²) >= 11 is 0. The fourth-order valence-corrected chi connectivity index (χ4v) is 3.11. The molecule has 186 valence electrons. The number of carboxylic acid groups (broad SMARTS) is 1. The third kappa shape index (κ3) is 8.49. The summed E-state index contributed by atoms with van der Waals surface area (Å²) in [6.45, 7) is 10.7. The molecule has 1 aromatic rings. The number of nitrogens with two attached hydrogens (primary N) is 1. The van der Waals surface area contributed by atoms with Crippen molar-refractivity contribution in [1.82, 2.24) is 25.9 Å². The van der Waals surface area contributed by atoms with E-state index in [-0.39, 0.29) is 24.2 Å². The Balaban J connectivity index is 3.07. The van der Waals surface area contributed by atoms with Crippen LogP contribution in [0, 0.1) is 17.8 Å². The molecule has 1 heterocycles. The molecule has 0 fully saturated rings. The Labute approximate surface area is 194 Å². The van der Waals surface area contributed by atoms with Gasteiger partial charge in [-0.25, -0.2) is 9.78 Å². The van der Waals surface area contributed by atoms with Crippen molar-refractivity contribution in [1.29, 1.82) is 0 Å². The number of nitrogens with zero attached hydrogens (tertiary/aromatic N) is 1. The first kappa shape index (κ1) is 28.1. The van der Waals surface area contributed by atoms with Crippen LogP contribution in [0.4, 0.5) is 0 Å². The predicted molar refractivity (Wildman–Crippen MR) is 123 cm³/mol. The first-order valence-electron chi connectivity index (χ1n) is 11.3. The number of H-pyrrole nitrogens is 1. The number of rotatable bonds is 13. The smallest absolute Gasteiger partial charge is 0.326 e. The Morgan fingerprint density at radius 1 is 0.970 bits per heavy atom. The number of hydrogen-bond acceptors (Lipinski definition) is 6. The zero-order chi connectivity index (χ0) is 25.3. The highest BCUT2D eigenvalue weighted by Crippen LogP contribution is 2.10. The van der Waals surface area contributed by atoms with Gasteiger partial charge in [0.1, 0.15) is 18.1 Å². The zero-order valence-electron chi connectivity index (χ0n) is 20.2. The molecule has 5 unspecified atom stereocenters. The number of carboxylic acids is 1. The molecule has 0 saturated heterocycles. The molecule has 0 saturated carbocycles. The van der Waals surface area contributed by atoms with Crippen LogP contribution in [0.15, 0.2) is 12.5 Å². The van der Waals surface area contributed by atoms with Gasteiger partial charge in [-0.3, -0.25) is 14.4 Å². The average molecular weight is 467 g/mol. The van der Waals surface area contributed by atoms with Crippen molar-refractivity contribution < 1.29 is 24.3 Å². The summed E-state index contributed by atoms with van der Waals surface area (Å²) < 4.78 is 0. The van der Waals surface area contributed by atoms with E-state index < -0.39 is 47.9 Å². The molecule has 7 N–H and O–H groups in total. The number of carbonyl (C=O) groups excluding carboxylic acids is 3. The maximum Gasteiger partial charge on any atom is 0.326 e. The Morgan fingerprint density at radius 2 is 1.58 bits per heavy atom. The highest BCUT2D eigenvalue weighted by Gasteiger charge is 2.33. The molecular formula is C22H38N6O5. The summed E-state index contributed by atoms with van der Waals surface area (Å²) in [6.07, 6.45) is 3.57. The van der Waals surface area contributed by atoms with Crippen molar-refractivity contribution in [3.8, 4) is 0 Å². The zero-order valence-corrected chi connectivity index (χ0v) is 20.2. The van der Waals surface area contributed by atoms with Crippen LogP contribution in [0.3, 0.4) is 0 Å². The van der Waals surface area contributed by atoms with Crippen LogP contribution in [-0.4, -0.2) is 62.9 Å². The normalized spacial score (nSPS) is 15.9. The number of aromatic nitrogens is 2. The maximum atomic E-state index is 13.1. The van der Waals surface area contributed by atoms with Crippen molar-refractivity contribution in [3.05, 3.63) is 18.2 Å². The number of aliphatic carboxylic acids is 1. The third-order valence-corrected chi connectivity index (χ3v) is 5.66. The molecule has 1 rings (SSSR count). The van der Waals surface area contributed by atoms with Gasteiger partial charge < -0.3 is 31.8 Å². The number of nitrogens with one attached hydrogen (secondary N) is 4. The first-order valence-corrected chi connectivity index (χ1v) is 11.3. The minimum Gasteiger partial charge on any atom is -0.480 e. The lowest BCUT2D eigenvalue weighted by Gasteiger charge is -2.28. The van der Waals surface area contributed by atoms with Gasteiger partial charge in [0.2, 0.25) is 17.7 Å². The van der Waals surface area contributed by atoms with E-state index in [1.807, 2.05) is 6.92 Å². The van der Waals surface area contributed by atoms with Gasteiger partial charge >= 0.3 is 5.97 Å². The van der Waals surface area contributed by atoms with Gasteiger partial charge in [-0.1, -0.05) is 48.0 Å². The molecular weight excluding hydrogens is 428 g/mol. The molecule has 0 bridgehead atoms. The second-order valence-corrected chi connectivity index (χ2v) is 9.05. The van der Waals surface area contributed by atoms with Gasteiger partial charge in [-0.05, 0) is 17.8 Å². The highest BCUT2D eigenvalue weighted by atomic mass is 16.4. The van der Waals surface area contributed by atoms with Gasteiger partial charge in [0.15, 0.2) is 0 Å². The van der Waals surface area contributed by atoms with Gasteiger partial charge in [0.05, 0.1) is 12.4 Å².